The van der Waals surface area contributed by atoms with Crippen molar-refractivity contribution in [1.29, 1.82) is 5.26 Å². The summed E-state index contributed by atoms with van der Waals surface area (Å²) >= 11 is 0. The summed E-state index contributed by atoms with van der Waals surface area (Å²) in [5, 5.41) is 14.7. The third-order valence-electron chi connectivity index (χ3n) is 2.93. The van der Waals surface area contributed by atoms with Crippen LogP contribution in [0.15, 0.2) is 0 Å². The highest BCUT2D eigenvalue weighted by Gasteiger charge is 2.37. The third-order valence-corrected chi connectivity index (χ3v) is 2.93. The lowest BCUT2D eigenvalue weighted by molar-refractivity contribution is -0.132. The van der Waals surface area contributed by atoms with Crippen LogP contribution in [-0.2, 0) is 9.59 Å². The van der Waals surface area contributed by atoms with Gasteiger partial charge in [0.25, 0.3) is 0 Å². The normalized spacial score (nSPS) is 11.6. The van der Waals surface area contributed by atoms with Gasteiger partial charge in [-0.1, -0.05) is 26.7 Å². The molecule has 114 valence electrons. The van der Waals surface area contributed by atoms with Gasteiger partial charge in [-0.05, 0) is 33.6 Å². The maximum atomic E-state index is 12.2. The summed E-state index contributed by atoms with van der Waals surface area (Å²) in [5.74, 6) is -0.585. The molecule has 0 saturated heterocycles. The number of hydrogen-bond acceptors (Lipinski definition) is 3. The zero-order chi connectivity index (χ0) is 15.8. The van der Waals surface area contributed by atoms with Crippen molar-refractivity contribution < 1.29 is 9.59 Å². The second kappa shape index (κ2) is 7.88. The number of carbonyl (C=O) groups is 2. The lowest BCUT2D eigenvalue weighted by atomic mass is 9.80. The molecule has 0 atom stereocenters. The summed E-state index contributed by atoms with van der Waals surface area (Å²) in [7, 11) is 0. The van der Waals surface area contributed by atoms with Gasteiger partial charge in [0, 0.05) is 5.54 Å². The molecule has 2 N–H and O–H groups in total. The van der Waals surface area contributed by atoms with Gasteiger partial charge in [-0.2, -0.15) is 5.26 Å². The van der Waals surface area contributed by atoms with Crippen LogP contribution in [-0.4, -0.2) is 23.9 Å². The first kappa shape index (κ1) is 18.4. The molecule has 0 unspecified atom stereocenters. The van der Waals surface area contributed by atoms with Gasteiger partial charge in [0.1, 0.15) is 5.41 Å². The topological polar surface area (TPSA) is 82.0 Å². The van der Waals surface area contributed by atoms with E-state index in [-0.39, 0.29) is 23.9 Å². The fraction of sp³-hybridized carbons (Fsp3) is 0.800. The first-order valence-corrected chi connectivity index (χ1v) is 7.21. The molecule has 0 aliphatic rings. The average Bonchev–Trinajstić information content (AvgIpc) is 2.33. The largest absolute Gasteiger partial charge is 0.350 e. The van der Waals surface area contributed by atoms with Crippen LogP contribution in [0.3, 0.4) is 0 Å². The molecular formula is C15H27N3O2. The summed E-state index contributed by atoms with van der Waals surface area (Å²) in [4.78, 5) is 23.9. The SMILES string of the molecule is CCCC(C#N)(CCC)C(=O)NCC(=O)NC(C)(C)C. The molecule has 0 aliphatic heterocycles. The van der Waals surface area contributed by atoms with Crippen molar-refractivity contribution in [2.24, 2.45) is 5.41 Å². The van der Waals surface area contributed by atoms with Crippen LogP contribution >= 0.6 is 0 Å². The van der Waals surface area contributed by atoms with Crippen molar-refractivity contribution in [2.45, 2.75) is 65.8 Å². The number of nitriles is 1. The van der Waals surface area contributed by atoms with Crippen molar-refractivity contribution >= 4 is 11.8 Å². The minimum absolute atomic E-state index is 0.0903. The first-order valence-electron chi connectivity index (χ1n) is 7.21. The number of carbonyl (C=O) groups excluding carboxylic acids is 2. The van der Waals surface area contributed by atoms with Crippen LogP contribution in [0.25, 0.3) is 0 Å². The van der Waals surface area contributed by atoms with E-state index in [0.29, 0.717) is 12.8 Å². The van der Waals surface area contributed by atoms with Crippen LogP contribution in [0.4, 0.5) is 0 Å². The number of amides is 2. The standard InChI is InChI=1S/C15H27N3O2/c1-6-8-15(11-16,9-7-2)13(20)17-10-12(19)18-14(3,4)5/h6-10H2,1-5H3,(H,17,20)(H,18,19). The molecule has 0 aromatic rings. The lowest BCUT2D eigenvalue weighted by Gasteiger charge is -2.25. The molecule has 2 amide bonds. The number of rotatable bonds is 7. The van der Waals surface area contributed by atoms with Crippen molar-refractivity contribution in [3.05, 3.63) is 0 Å². The molecule has 0 aliphatic carbocycles. The minimum Gasteiger partial charge on any atom is -0.350 e. The fourth-order valence-electron chi connectivity index (χ4n) is 2.16. The van der Waals surface area contributed by atoms with E-state index in [1.54, 1.807) is 0 Å². The molecule has 20 heavy (non-hydrogen) atoms. The Kier molecular flexibility index (Phi) is 7.26. The van der Waals surface area contributed by atoms with Gasteiger partial charge in [-0.15, -0.1) is 0 Å². The van der Waals surface area contributed by atoms with Gasteiger partial charge >= 0.3 is 0 Å². The van der Waals surface area contributed by atoms with Crippen molar-refractivity contribution in [1.82, 2.24) is 10.6 Å². The molecule has 0 aromatic heterocycles. The Labute approximate surface area is 122 Å². The highest BCUT2D eigenvalue weighted by molar-refractivity contribution is 5.89. The molecule has 0 rings (SSSR count). The maximum Gasteiger partial charge on any atom is 0.240 e. The molecular weight excluding hydrogens is 254 g/mol. The maximum absolute atomic E-state index is 12.2. The van der Waals surface area contributed by atoms with Crippen LogP contribution in [0, 0.1) is 16.7 Å². The Balaban J connectivity index is 4.63. The van der Waals surface area contributed by atoms with E-state index in [0.717, 1.165) is 12.8 Å². The quantitative estimate of drug-likeness (QED) is 0.750. The van der Waals surface area contributed by atoms with E-state index in [2.05, 4.69) is 16.7 Å². The monoisotopic (exact) mass is 281 g/mol. The van der Waals surface area contributed by atoms with Crippen molar-refractivity contribution in [3.63, 3.8) is 0 Å². The Morgan fingerprint density at radius 3 is 1.95 bits per heavy atom. The van der Waals surface area contributed by atoms with Crippen molar-refractivity contribution in [3.8, 4) is 6.07 Å². The summed E-state index contributed by atoms with van der Waals surface area (Å²) < 4.78 is 0. The van der Waals surface area contributed by atoms with Crippen LogP contribution in [0.5, 0.6) is 0 Å². The predicted molar refractivity (Wildman–Crippen MR) is 78.8 cm³/mol. The Bertz CT molecular complexity index is 372. The molecule has 0 spiro atoms. The third kappa shape index (κ3) is 6.05. The van der Waals surface area contributed by atoms with Gasteiger partial charge in [0.15, 0.2) is 0 Å². The molecule has 0 aromatic carbocycles. The second-order valence-electron chi connectivity index (χ2n) is 6.17. The first-order chi connectivity index (χ1) is 9.20. The average molecular weight is 281 g/mol. The van der Waals surface area contributed by atoms with Crippen molar-refractivity contribution in [2.75, 3.05) is 6.54 Å². The molecule has 0 fully saturated rings. The van der Waals surface area contributed by atoms with Gasteiger partial charge < -0.3 is 10.6 Å². The summed E-state index contributed by atoms with van der Waals surface area (Å²) in [6.07, 6.45) is 2.55. The zero-order valence-corrected chi connectivity index (χ0v) is 13.3. The molecule has 0 saturated carbocycles. The minimum atomic E-state index is -1.01. The predicted octanol–water partition coefficient (Wildman–Crippen LogP) is 2.13. The second-order valence-corrected chi connectivity index (χ2v) is 6.17. The smallest absolute Gasteiger partial charge is 0.240 e. The van der Waals surface area contributed by atoms with E-state index in [1.165, 1.54) is 0 Å². The van der Waals surface area contributed by atoms with E-state index in [9.17, 15) is 14.9 Å². The lowest BCUT2D eigenvalue weighted by Crippen LogP contribution is -2.48. The van der Waals surface area contributed by atoms with Crippen LogP contribution in [0.2, 0.25) is 0 Å². The van der Waals surface area contributed by atoms with Gasteiger partial charge in [0.2, 0.25) is 11.8 Å². The highest BCUT2D eigenvalue weighted by Crippen LogP contribution is 2.29. The Hall–Kier alpha value is -1.57. The molecule has 0 heterocycles. The zero-order valence-electron chi connectivity index (χ0n) is 13.3. The molecule has 0 bridgehead atoms. The summed E-state index contributed by atoms with van der Waals surface area (Å²) in [6.45, 7) is 9.43. The van der Waals surface area contributed by atoms with Gasteiger partial charge in [0.05, 0.1) is 12.6 Å². The number of nitrogens with one attached hydrogen (secondary N) is 2. The molecule has 5 nitrogen and oxygen atoms in total. The van der Waals surface area contributed by atoms with Crippen LogP contribution in [0.1, 0.15) is 60.3 Å². The van der Waals surface area contributed by atoms with E-state index in [1.807, 2.05) is 34.6 Å². The number of nitrogens with zero attached hydrogens (tertiary/aromatic N) is 1. The summed E-state index contributed by atoms with van der Waals surface area (Å²) in [6, 6.07) is 2.15. The van der Waals surface area contributed by atoms with Gasteiger partial charge in [-0.25, -0.2) is 0 Å². The summed E-state index contributed by atoms with van der Waals surface area (Å²) in [5.41, 5.74) is -1.34. The van der Waals surface area contributed by atoms with Crippen LogP contribution < -0.4 is 10.6 Å². The molecule has 0 radical (unpaired) electrons. The van der Waals surface area contributed by atoms with E-state index < -0.39 is 5.41 Å². The van der Waals surface area contributed by atoms with Gasteiger partial charge in [-0.3, -0.25) is 9.59 Å². The number of hydrogen-bond donors (Lipinski definition) is 2. The Morgan fingerprint density at radius 2 is 1.60 bits per heavy atom. The fourth-order valence-corrected chi connectivity index (χ4v) is 2.16. The van der Waals surface area contributed by atoms with E-state index in [4.69, 9.17) is 0 Å². The van der Waals surface area contributed by atoms with E-state index >= 15 is 0 Å². The highest BCUT2D eigenvalue weighted by atomic mass is 16.2. The molecule has 5 heteroatoms. The Morgan fingerprint density at radius 1 is 1.10 bits per heavy atom.